The van der Waals surface area contributed by atoms with E-state index >= 15 is 0 Å². The van der Waals surface area contributed by atoms with Crippen LogP contribution in [0.2, 0.25) is 5.02 Å². The van der Waals surface area contributed by atoms with Crippen molar-refractivity contribution in [1.82, 2.24) is 0 Å². The van der Waals surface area contributed by atoms with E-state index < -0.39 is 12.0 Å². The smallest absolute Gasteiger partial charge is 0.260 e. The van der Waals surface area contributed by atoms with Crippen LogP contribution in [0.4, 0.5) is 8.78 Å². The Balaban J connectivity index is 3.34. The fourth-order valence-electron chi connectivity index (χ4n) is 1.31. The molecule has 1 atom stereocenters. The Kier molecular flexibility index (Phi) is 3.52. The van der Waals surface area contributed by atoms with Crippen LogP contribution in [0.3, 0.4) is 0 Å². The van der Waals surface area contributed by atoms with Crippen LogP contribution in [0, 0.1) is 0 Å². The second-order valence-electron chi connectivity index (χ2n) is 3.40. The molecule has 0 aromatic heterocycles. The minimum atomic E-state index is -2.72. The number of hydrogen-bond donors (Lipinski definition) is 1. The molecule has 0 heterocycles. The molecule has 0 aliphatic rings. The van der Waals surface area contributed by atoms with Crippen LogP contribution in [0.1, 0.15) is 12.5 Å². The Morgan fingerprint density at radius 2 is 2.07 bits per heavy atom. The molecule has 1 unspecified atom stereocenters. The quantitative estimate of drug-likeness (QED) is 0.875. The zero-order chi connectivity index (χ0) is 11.6. The first kappa shape index (κ1) is 12.2. The normalized spacial score (nSPS) is 15.1. The van der Waals surface area contributed by atoms with Gasteiger partial charge in [0.1, 0.15) is 11.3 Å². The van der Waals surface area contributed by atoms with Crippen molar-refractivity contribution in [3.63, 3.8) is 0 Å². The summed E-state index contributed by atoms with van der Waals surface area (Å²) in [5.74, 6) is 0.271. The number of nitrogens with two attached hydrogens (primary N) is 1. The predicted octanol–water partition coefficient (Wildman–Crippen LogP) is 2.79. The molecular formula is C10H12ClF2NO. The predicted molar refractivity (Wildman–Crippen MR) is 55.5 cm³/mol. The van der Waals surface area contributed by atoms with Crippen LogP contribution in [-0.4, -0.2) is 13.5 Å². The molecule has 1 rings (SSSR count). The van der Waals surface area contributed by atoms with Crippen molar-refractivity contribution in [1.29, 1.82) is 0 Å². The fraction of sp³-hybridized carbons (Fsp3) is 0.400. The molecule has 0 saturated heterocycles. The van der Waals surface area contributed by atoms with E-state index in [4.69, 9.17) is 22.1 Å². The highest BCUT2D eigenvalue weighted by molar-refractivity contribution is 6.31. The Bertz CT molecular complexity index is 355. The van der Waals surface area contributed by atoms with Gasteiger partial charge >= 0.3 is 0 Å². The number of ether oxygens (including phenoxy) is 1. The standard InChI is InChI=1S/C10H12ClF2NO/c1-10(14,9(12)13)8-6(11)4-3-5-7(8)15-2/h3-5,9H,14H2,1-2H3. The molecule has 0 fully saturated rings. The van der Waals surface area contributed by atoms with Gasteiger partial charge in [-0.15, -0.1) is 0 Å². The summed E-state index contributed by atoms with van der Waals surface area (Å²) in [5.41, 5.74) is 3.86. The number of benzene rings is 1. The first-order valence-electron chi connectivity index (χ1n) is 4.31. The van der Waals surface area contributed by atoms with Crippen molar-refractivity contribution in [3.8, 4) is 5.75 Å². The van der Waals surface area contributed by atoms with Gasteiger partial charge in [0.25, 0.3) is 6.43 Å². The van der Waals surface area contributed by atoms with E-state index in [2.05, 4.69) is 0 Å². The van der Waals surface area contributed by atoms with Gasteiger partial charge < -0.3 is 10.5 Å². The van der Waals surface area contributed by atoms with Crippen LogP contribution in [-0.2, 0) is 5.54 Å². The minimum Gasteiger partial charge on any atom is -0.496 e. The summed E-state index contributed by atoms with van der Waals surface area (Å²) in [4.78, 5) is 0. The Morgan fingerprint density at radius 3 is 2.53 bits per heavy atom. The van der Waals surface area contributed by atoms with E-state index in [0.717, 1.165) is 0 Å². The number of halogens is 3. The van der Waals surface area contributed by atoms with Crippen molar-refractivity contribution in [3.05, 3.63) is 28.8 Å². The van der Waals surface area contributed by atoms with Crippen molar-refractivity contribution >= 4 is 11.6 Å². The van der Waals surface area contributed by atoms with Crippen molar-refractivity contribution in [2.75, 3.05) is 7.11 Å². The highest BCUT2D eigenvalue weighted by Crippen LogP contribution is 2.37. The summed E-state index contributed by atoms with van der Waals surface area (Å²) in [7, 11) is 1.39. The molecular weight excluding hydrogens is 224 g/mol. The Morgan fingerprint density at radius 1 is 1.47 bits per heavy atom. The van der Waals surface area contributed by atoms with Crippen molar-refractivity contribution < 1.29 is 13.5 Å². The number of hydrogen-bond acceptors (Lipinski definition) is 2. The fourth-order valence-corrected chi connectivity index (χ4v) is 1.68. The van der Waals surface area contributed by atoms with Crippen LogP contribution >= 0.6 is 11.6 Å². The Hall–Kier alpha value is -0.870. The molecule has 1 aromatic carbocycles. The van der Waals surface area contributed by atoms with Gasteiger partial charge in [-0.25, -0.2) is 8.78 Å². The zero-order valence-corrected chi connectivity index (χ0v) is 9.18. The topological polar surface area (TPSA) is 35.2 Å². The van der Waals surface area contributed by atoms with Gasteiger partial charge in [-0.1, -0.05) is 17.7 Å². The summed E-state index contributed by atoms with van der Waals surface area (Å²) in [6.07, 6.45) is -2.72. The molecule has 84 valence electrons. The third-order valence-corrected chi connectivity index (χ3v) is 2.50. The van der Waals surface area contributed by atoms with Crippen LogP contribution in [0.15, 0.2) is 18.2 Å². The lowest BCUT2D eigenvalue weighted by molar-refractivity contribution is 0.0611. The van der Waals surface area contributed by atoms with Crippen LogP contribution in [0.25, 0.3) is 0 Å². The number of rotatable bonds is 3. The molecule has 0 aliphatic heterocycles. The van der Waals surface area contributed by atoms with E-state index in [-0.39, 0.29) is 16.3 Å². The summed E-state index contributed by atoms with van der Waals surface area (Å²) < 4.78 is 30.5. The average Bonchev–Trinajstić information content (AvgIpc) is 2.16. The van der Waals surface area contributed by atoms with Gasteiger partial charge in [0.05, 0.1) is 7.11 Å². The lowest BCUT2D eigenvalue weighted by atomic mass is 9.92. The minimum absolute atomic E-state index is 0.129. The summed E-state index contributed by atoms with van der Waals surface area (Å²) in [6, 6.07) is 4.67. The molecule has 0 aliphatic carbocycles. The molecule has 0 bridgehead atoms. The summed E-state index contributed by atoms with van der Waals surface area (Å²) >= 11 is 5.84. The van der Waals surface area contributed by atoms with Crippen LogP contribution in [0.5, 0.6) is 5.75 Å². The monoisotopic (exact) mass is 235 g/mol. The lowest BCUT2D eigenvalue weighted by Crippen LogP contribution is -2.41. The largest absolute Gasteiger partial charge is 0.496 e. The molecule has 0 amide bonds. The highest BCUT2D eigenvalue weighted by Gasteiger charge is 2.36. The molecule has 0 saturated carbocycles. The molecule has 2 nitrogen and oxygen atoms in total. The summed E-state index contributed by atoms with van der Waals surface area (Å²) in [6.45, 7) is 1.22. The van der Waals surface area contributed by atoms with Gasteiger partial charge in [0.15, 0.2) is 0 Å². The van der Waals surface area contributed by atoms with Gasteiger partial charge in [0.2, 0.25) is 0 Å². The third kappa shape index (κ3) is 2.21. The second kappa shape index (κ2) is 4.33. The number of alkyl halides is 2. The maximum Gasteiger partial charge on any atom is 0.260 e. The van der Waals surface area contributed by atoms with Gasteiger partial charge in [-0.05, 0) is 19.1 Å². The average molecular weight is 236 g/mol. The number of methoxy groups -OCH3 is 1. The van der Waals surface area contributed by atoms with Crippen molar-refractivity contribution in [2.45, 2.75) is 18.9 Å². The molecule has 0 radical (unpaired) electrons. The maximum absolute atomic E-state index is 12.8. The summed E-state index contributed by atoms with van der Waals surface area (Å²) in [5, 5.41) is 0.180. The van der Waals surface area contributed by atoms with Gasteiger partial charge in [-0.2, -0.15) is 0 Å². The van der Waals surface area contributed by atoms with E-state index in [1.54, 1.807) is 12.1 Å². The molecule has 0 spiro atoms. The molecule has 2 N–H and O–H groups in total. The maximum atomic E-state index is 12.8. The van der Waals surface area contributed by atoms with E-state index in [1.165, 1.54) is 20.1 Å². The first-order valence-corrected chi connectivity index (χ1v) is 4.69. The van der Waals surface area contributed by atoms with Gasteiger partial charge in [-0.3, -0.25) is 0 Å². The third-order valence-electron chi connectivity index (χ3n) is 2.19. The van der Waals surface area contributed by atoms with Gasteiger partial charge in [0, 0.05) is 10.6 Å². The Labute approximate surface area is 92.0 Å². The lowest BCUT2D eigenvalue weighted by Gasteiger charge is -2.26. The molecule has 5 heteroatoms. The molecule has 1 aromatic rings. The molecule has 15 heavy (non-hydrogen) atoms. The zero-order valence-electron chi connectivity index (χ0n) is 8.43. The van der Waals surface area contributed by atoms with E-state index in [1.807, 2.05) is 0 Å². The second-order valence-corrected chi connectivity index (χ2v) is 3.81. The SMILES string of the molecule is COc1cccc(Cl)c1C(C)(N)C(F)F. The van der Waals surface area contributed by atoms with E-state index in [9.17, 15) is 8.78 Å². The van der Waals surface area contributed by atoms with E-state index in [0.29, 0.717) is 0 Å². The van der Waals surface area contributed by atoms with Crippen molar-refractivity contribution in [2.24, 2.45) is 5.73 Å². The highest BCUT2D eigenvalue weighted by atomic mass is 35.5. The van der Waals surface area contributed by atoms with Crippen LogP contribution < -0.4 is 10.5 Å². The first-order chi connectivity index (χ1) is 6.91.